The first-order valence-electron chi connectivity index (χ1n) is 13.4. The molecule has 0 aliphatic rings. The average molecular weight is 573 g/mol. The van der Waals surface area contributed by atoms with E-state index in [2.05, 4.69) is 10.5 Å². The van der Waals surface area contributed by atoms with E-state index in [1.807, 2.05) is 81.4 Å². The van der Waals surface area contributed by atoms with Gasteiger partial charge in [-0.25, -0.2) is 5.43 Å². The van der Waals surface area contributed by atoms with Gasteiger partial charge in [0.1, 0.15) is 13.2 Å². The lowest BCUT2D eigenvalue weighted by Crippen LogP contribution is -2.17. The quantitative estimate of drug-likeness (QED) is 0.134. The Balaban J connectivity index is 1.43. The molecule has 7 nitrogen and oxygen atoms in total. The molecule has 0 aliphatic carbocycles. The highest BCUT2D eigenvalue weighted by Gasteiger charge is 2.14. The maximum atomic E-state index is 12.3. The van der Waals surface area contributed by atoms with Crippen LogP contribution in [-0.2, 0) is 13.2 Å². The van der Waals surface area contributed by atoms with Gasteiger partial charge < -0.3 is 18.9 Å². The summed E-state index contributed by atoms with van der Waals surface area (Å²) in [6.45, 7) is 7.36. The van der Waals surface area contributed by atoms with Crippen molar-refractivity contribution in [2.75, 3.05) is 13.2 Å². The van der Waals surface area contributed by atoms with Crippen LogP contribution in [0.4, 0.5) is 0 Å². The Morgan fingerprint density at radius 1 is 0.780 bits per heavy atom. The van der Waals surface area contributed by atoms with Crippen molar-refractivity contribution < 1.29 is 23.7 Å². The van der Waals surface area contributed by atoms with Crippen LogP contribution >= 0.6 is 11.6 Å². The molecule has 0 bridgehead atoms. The standard InChI is InChI=1S/C33H33ClN2O5/c1-4-38-30-18-25(13-16-29(30)40-21-24-9-7-6-8-10-24)22-41-32-28(34)17-26(19-31(32)39-5-2)20-35-36-33(37)27-14-11-23(3)12-15-27/h6-20H,4-5,21-22H2,1-3H3,(H,36,37)/b35-20+. The van der Waals surface area contributed by atoms with E-state index in [0.29, 0.717) is 59.0 Å². The van der Waals surface area contributed by atoms with Crippen LogP contribution in [0.2, 0.25) is 5.02 Å². The van der Waals surface area contributed by atoms with Gasteiger partial charge in [-0.1, -0.05) is 65.7 Å². The van der Waals surface area contributed by atoms with Crippen LogP contribution in [0, 0.1) is 6.92 Å². The van der Waals surface area contributed by atoms with E-state index in [1.165, 1.54) is 6.21 Å². The van der Waals surface area contributed by atoms with Crippen molar-refractivity contribution >= 4 is 23.7 Å². The van der Waals surface area contributed by atoms with Crippen LogP contribution in [-0.4, -0.2) is 25.3 Å². The van der Waals surface area contributed by atoms with Crippen LogP contribution in [0.5, 0.6) is 23.0 Å². The molecule has 4 aromatic carbocycles. The molecule has 4 aromatic rings. The number of ether oxygens (including phenoxy) is 4. The molecule has 1 amide bonds. The molecule has 0 saturated carbocycles. The van der Waals surface area contributed by atoms with Gasteiger partial charge >= 0.3 is 0 Å². The highest BCUT2D eigenvalue weighted by Crippen LogP contribution is 2.37. The molecule has 0 fully saturated rings. The van der Waals surface area contributed by atoms with Crippen molar-refractivity contribution in [1.29, 1.82) is 0 Å². The van der Waals surface area contributed by atoms with Crippen molar-refractivity contribution in [3.05, 3.63) is 118 Å². The Kier molecular flexibility index (Phi) is 10.6. The lowest BCUT2D eigenvalue weighted by molar-refractivity contribution is 0.0955. The SMILES string of the molecule is CCOc1cc(COc2c(Cl)cc(/C=N/NC(=O)c3ccc(C)cc3)cc2OCC)ccc1OCc1ccccc1. The maximum Gasteiger partial charge on any atom is 0.271 e. The largest absolute Gasteiger partial charge is 0.490 e. The molecule has 0 heterocycles. The zero-order valence-corrected chi connectivity index (χ0v) is 24.1. The molecular formula is C33H33ClN2O5. The Morgan fingerprint density at radius 3 is 2.22 bits per heavy atom. The highest BCUT2D eigenvalue weighted by molar-refractivity contribution is 6.32. The fraction of sp³-hybridized carbons (Fsp3) is 0.212. The van der Waals surface area contributed by atoms with E-state index < -0.39 is 0 Å². The summed E-state index contributed by atoms with van der Waals surface area (Å²) in [4.78, 5) is 12.3. The third-order valence-electron chi connectivity index (χ3n) is 5.95. The fourth-order valence-corrected chi connectivity index (χ4v) is 4.19. The van der Waals surface area contributed by atoms with Gasteiger partial charge in [0.05, 0.1) is 24.5 Å². The first-order chi connectivity index (χ1) is 20.0. The van der Waals surface area contributed by atoms with Crippen LogP contribution in [0.1, 0.15) is 46.5 Å². The molecule has 212 valence electrons. The number of hydrogen-bond acceptors (Lipinski definition) is 6. The van der Waals surface area contributed by atoms with Crippen molar-refractivity contribution in [2.45, 2.75) is 34.0 Å². The van der Waals surface area contributed by atoms with Gasteiger partial charge in [-0.05, 0) is 73.9 Å². The zero-order chi connectivity index (χ0) is 29.0. The molecule has 1 N–H and O–H groups in total. The molecule has 0 saturated heterocycles. The van der Waals surface area contributed by atoms with Crippen LogP contribution in [0.25, 0.3) is 0 Å². The molecular weight excluding hydrogens is 540 g/mol. The summed E-state index contributed by atoms with van der Waals surface area (Å²) in [5.41, 5.74) is 6.72. The van der Waals surface area contributed by atoms with E-state index >= 15 is 0 Å². The molecule has 0 spiro atoms. The van der Waals surface area contributed by atoms with Gasteiger partial charge in [0.2, 0.25) is 0 Å². The Labute approximate surface area is 245 Å². The first kappa shape index (κ1) is 29.5. The second kappa shape index (κ2) is 14.8. The highest BCUT2D eigenvalue weighted by atomic mass is 35.5. The summed E-state index contributed by atoms with van der Waals surface area (Å²) >= 11 is 6.60. The van der Waals surface area contributed by atoms with E-state index in [0.717, 1.165) is 16.7 Å². The second-order valence-electron chi connectivity index (χ2n) is 9.11. The normalized spacial score (nSPS) is 10.8. The van der Waals surface area contributed by atoms with Gasteiger partial charge in [-0.2, -0.15) is 5.10 Å². The van der Waals surface area contributed by atoms with Crippen molar-refractivity contribution in [3.8, 4) is 23.0 Å². The Bertz CT molecular complexity index is 1470. The number of carbonyl (C=O) groups excluding carboxylic acids is 1. The number of amides is 1. The van der Waals surface area contributed by atoms with Crippen LogP contribution in [0.3, 0.4) is 0 Å². The molecule has 0 aromatic heterocycles. The minimum atomic E-state index is -0.305. The predicted molar refractivity (Wildman–Crippen MR) is 162 cm³/mol. The number of hydrogen-bond donors (Lipinski definition) is 1. The van der Waals surface area contributed by atoms with E-state index in [1.54, 1.807) is 24.3 Å². The number of nitrogens with zero attached hydrogens (tertiary/aromatic N) is 1. The van der Waals surface area contributed by atoms with Crippen molar-refractivity contribution in [1.82, 2.24) is 5.43 Å². The van der Waals surface area contributed by atoms with Gasteiger partial charge in [0.25, 0.3) is 5.91 Å². The number of aryl methyl sites for hydroxylation is 1. The van der Waals surface area contributed by atoms with E-state index in [9.17, 15) is 4.79 Å². The van der Waals surface area contributed by atoms with E-state index in [4.69, 9.17) is 30.5 Å². The molecule has 41 heavy (non-hydrogen) atoms. The number of halogens is 1. The molecule has 4 rings (SSSR count). The Hall–Kier alpha value is -4.49. The monoisotopic (exact) mass is 572 g/mol. The van der Waals surface area contributed by atoms with Crippen LogP contribution in [0.15, 0.2) is 90.0 Å². The first-order valence-corrected chi connectivity index (χ1v) is 13.8. The summed E-state index contributed by atoms with van der Waals surface area (Å²) in [5.74, 6) is 1.88. The maximum absolute atomic E-state index is 12.3. The molecule has 0 aliphatic heterocycles. The van der Waals surface area contributed by atoms with Crippen molar-refractivity contribution in [2.24, 2.45) is 5.10 Å². The smallest absolute Gasteiger partial charge is 0.271 e. The van der Waals surface area contributed by atoms with Gasteiger partial charge in [-0.3, -0.25) is 4.79 Å². The van der Waals surface area contributed by atoms with Crippen molar-refractivity contribution in [3.63, 3.8) is 0 Å². The van der Waals surface area contributed by atoms with E-state index in [-0.39, 0.29) is 12.5 Å². The predicted octanol–water partition coefficient (Wildman–Crippen LogP) is 7.37. The Morgan fingerprint density at radius 2 is 1.49 bits per heavy atom. The number of rotatable bonds is 13. The van der Waals surface area contributed by atoms with Crippen LogP contribution < -0.4 is 24.4 Å². The molecule has 0 radical (unpaired) electrons. The fourth-order valence-electron chi connectivity index (χ4n) is 3.92. The minimum Gasteiger partial charge on any atom is -0.490 e. The minimum absolute atomic E-state index is 0.235. The zero-order valence-electron chi connectivity index (χ0n) is 23.4. The number of hydrazone groups is 1. The van der Waals surface area contributed by atoms with Gasteiger partial charge in [0.15, 0.2) is 23.0 Å². The van der Waals surface area contributed by atoms with Gasteiger partial charge in [-0.15, -0.1) is 0 Å². The number of nitrogens with one attached hydrogen (secondary N) is 1. The molecule has 0 unspecified atom stereocenters. The second-order valence-corrected chi connectivity index (χ2v) is 9.51. The summed E-state index contributed by atoms with van der Waals surface area (Å²) in [5, 5.41) is 4.43. The summed E-state index contributed by atoms with van der Waals surface area (Å²) in [6, 6.07) is 26.4. The number of carbonyl (C=O) groups is 1. The lowest BCUT2D eigenvalue weighted by atomic mass is 10.1. The summed E-state index contributed by atoms with van der Waals surface area (Å²) in [7, 11) is 0. The lowest BCUT2D eigenvalue weighted by Gasteiger charge is -2.16. The van der Waals surface area contributed by atoms with Gasteiger partial charge in [0, 0.05) is 5.56 Å². The number of benzene rings is 4. The summed E-state index contributed by atoms with van der Waals surface area (Å²) in [6.07, 6.45) is 1.51. The molecule has 8 heteroatoms. The molecule has 0 atom stereocenters. The average Bonchev–Trinajstić information content (AvgIpc) is 2.97. The third kappa shape index (κ3) is 8.50. The third-order valence-corrected chi connectivity index (χ3v) is 6.23. The summed E-state index contributed by atoms with van der Waals surface area (Å²) < 4.78 is 23.8. The topological polar surface area (TPSA) is 78.4 Å².